The van der Waals surface area contributed by atoms with Gasteiger partial charge in [0.25, 0.3) is 0 Å². The van der Waals surface area contributed by atoms with E-state index in [4.69, 9.17) is 17.3 Å². The molecule has 1 unspecified atom stereocenters. The summed E-state index contributed by atoms with van der Waals surface area (Å²) < 4.78 is 0.911. The molecule has 0 radical (unpaired) electrons. The number of rotatable bonds is 2. The summed E-state index contributed by atoms with van der Waals surface area (Å²) in [6.07, 6.45) is 4.16. The number of aromatic nitrogens is 1. The average molecular weight is 305 g/mol. The second kappa shape index (κ2) is 5.34. The van der Waals surface area contributed by atoms with Crippen LogP contribution in [0.2, 0.25) is 5.02 Å². The van der Waals surface area contributed by atoms with Crippen LogP contribution in [0, 0.1) is 5.92 Å². The second-order valence-corrected chi connectivity index (χ2v) is 5.47. The molecule has 16 heavy (non-hydrogen) atoms. The molecule has 88 valence electrons. The summed E-state index contributed by atoms with van der Waals surface area (Å²) in [5.74, 6) is 1.44. The summed E-state index contributed by atoms with van der Waals surface area (Å²) in [5, 5.41) is 0.701. The van der Waals surface area contributed by atoms with Gasteiger partial charge in [-0.2, -0.15) is 0 Å². The van der Waals surface area contributed by atoms with Gasteiger partial charge in [0, 0.05) is 23.8 Å². The van der Waals surface area contributed by atoms with Crippen molar-refractivity contribution in [1.82, 2.24) is 4.98 Å². The zero-order valence-electron chi connectivity index (χ0n) is 9.00. The van der Waals surface area contributed by atoms with Gasteiger partial charge in [0.15, 0.2) is 0 Å². The molecule has 0 bridgehead atoms. The number of hydrogen-bond donors (Lipinski definition) is 1. The molecule has 2 N–H and O–H groups in total. The maximum absolute atomic E-state index is 6.19. The van der Waals surface area contributed by atoms with Gasteiger partial charge in [-0.15, -0.1) is 0 Å². The van der Waals surface area contributed by atoms with Gasteiger partial charge in [-0.05, 0) is 47.3 Å². The third-order valence-electron chi connectivity index (χ3n) is 2.94. The molecule has 1 aliphatic heterocycles. The first-order valence-electron chi connectivity index (χ1n) is 5.46. The van der Waals surface area contributed by atoms with Gasteiger partial charge in [-0.25, -0.2) is 4.98 Å². The van der Waals surface area contributed by atoms with Crippen molar-refractivity contribution >= 4 is 33.3 Å². The summed E-state index contributed by atoms with van der Waals surface area (Å²) in [5.41, 5.74) is 5.72. The topological polar surface area (TPSA) is 42.1 Å². The maximum atomic E-state index is 6.19. The van der Waals surface area contributed by atoms with Crippen LogP contribution in [-0.4, -0.2) is 24.6 Å². The normalized spacial score (nSPS) is 21.2. The number of halogens is 2. The minimum atomic E-state index is 0.565. The Labute approximate surface area is 109 Å². The van der Waals surface area contributed by atoms with E-state index in [0.29, 0.717) is 10.9 Å². The van der Waals surface area contributed by atoms with Crippen LogP contribution < -0.4 is 10.6 Å². The summed E-state index contributed by atoms with van der Waals surface area (Å²) in [6, 6.07) is 1.88. The van der Waals surface area contributed by atoms with E-state index in [9.17, 15) is 0 Å². The standard InChI is InChI=1S/C11H15BrClN3/c12-9-4-10(13)11(15-6-9)16-3-1-2-8(5-14)7-16/h4,6,8H,1-3,5,7,14H2. The van der Waals surface area contributed by atoms with Crippen molar-refractivity contribution in [2.24, 2.45) is 11.7 Å². The SMILES string of the molecule is NCC1CCCN(c2ncc(Br)cc2Cl)C1. The van der Waals surface area contributed by atoms with E-state index >= 15 is 0 Å². The van der Waals surface area contributed by atoms with E-state index in [1.807, 2.05) is 6.07 Å². The Morgan fingerprint density at radius 3 is 3.12 bits per heavy atom. The summed E-state index contributed by atoms with van der Waals surface area (Å²) in [4.78, 5) is 6.61. The van der Waals surface area contributed by atoms with E-state index in [1.165, 1.54) is 6.42 Å². The number of piperidine rings is 1. The molecule has 0 aliphatic carbocycles. The van der Waals surface area contributed by atoms with Crippen molar-refractivity contribution in [2.75, 3.05) is 24.5 Å². The summed E-state index contributed by atoms with van der Waals surface area (Å²) in [7, 11) is 0. The third-order valence-corrected chi connectivity index (χ3v) is 3.65. The fraction of sp³-hybridized carbons (Fsp3) is 0.545. The fourth-order valence-corrected chi connectivity index (χ4v) is 2.84. The molecule has 0 amide bonds. The van der Waals surface area contributed by atoms with Crippen molar-refractivity contribution < 1.29 is 0 Å². The zero-order chi connectivity index (χ0) is 11.5. The van der Waals surface area contributed by atoms with Crippen molar-refractivity contribution in [1.29, 1.82) is 0 Å². The third kappa shape index (κ3) is 2.67. The number of nitrogens with two attached hydrogens (primary N) is 1. The van der Waals surface area contributed by atoms with Gasteiger partial charge in [0.05, 0.1) is 5.02 Å². The van der Waals surface area contributed by atoms with Crippen LogP contribution >= 0.6 is 27.5 Å². The molecule has 1 aromatic heterocycles. The number of pyridine rings is 1. The van der Waals surface area contributed by atoms with Gasteiger partial charge >= 0.3 is 0 Å². The summed E-state index contributed by atoms with van der Waals surface area (Å²) in [6.45, 7) is 2.72. The van der Waals surface area contributed by atoms with Crippen LogP contribution in [-0.2, 0) is 0 Å². The van der Waals surface area contributed by atoms with Crippen molar-refractivity contribution in [2.45, 2.75) is 12.8 Å². The van der Waals surface area contributed by atoms with Crippen LogP contribution in [0.25, 0.3) is 0 Å². The van der Waals surface area contributed by atoms with Gasteiger partial charge in [-0.1, -0.05) is 11.6 Å². The van der Waals surface area contributed by atoms with Crippen molar-refractivity contribution in [3.05, 3.63) is 21.8 Å². The van der Waals surface area contributed by atoms with Crippen LogP contribution in [0.15, 0.2) is 16.7 Å². The highest BCUT2D eigenvalue weighted by molar-refractivity contribution is 9.10. The van der Waals surface area contributed by atoms with Crippen LogP contribution in [0.5, 0.6) is 0 Å². The first-order chi connectivity index (χ1) is 7.70. The van der Waals surface area contributed by atoms with E-state index < -0.39 is 0 Å². The first-order valence-corrected chi connectivity index (χ1v) is 6.64. The van der Waals surface area contributed by atoms with E-state index in [-0.39, 0.29) is 0 Å². The Morgan fingerprint density at radius 2 is 2.44 bits per heavy atom. The van der Waals surface area contributed by atoms with Crippen LogP contribution in [0.4, 0.5) is 5.82 Å². The van der Waals surface area contributed by atoms with Gasteiger partial charge in [0.2, 0.25) is 0 Å². The molecule has 2 rings (SSSR count). The maximum Gasteiger partial charge on any atom is 0.147 e. The lowest BCUT2D eigenvalue weighted by Crippen LogP contribution is -2.38. The molecule has 1 aromatic rings. The van der Waals surface area contributed by atoms with E-state index in [0.717, 1.165) is 36.3 Å². The monoisotopic (exact) mass is 303 g/mol. The highest BCUT2D eigenvalue weighted by Crippen LogP contribution is 2.29. The van der Waals surface area contributed by atoms with E-state index in [2.05, 4.69) is 25.8 Å². The average Bonchev–Trinajstić information content (AvgIpc) is 2.29. The molecule has 0 saturated carbocycles. The summed E-state index contributed by atoms with van der Waals surface area (Å²) >= 11 is 9.55. The smallest absolute Gasteiger partial charge is 0.147 e. The molecule has 1 atom stereocenters. The molecule has 3 nitrogen and oxygen atoms in total. The molecule has 1 saturated heterocycles. The lowest BCUT2D eigenvalue weighted by atomic mass is 9.98. The number of hydrogen-bond acceptors (Lipinski definition) is 3. The van der Waals surface area contributed by atoms with Crippen LogP contribution in [0.3, 0.4) is 0 Å². The predicted molar refractivity (Wildman–Crippen MR) is 70.9 cm³/mol. The fourth-order valence-electron chi connectivity index (χ4n) is 2.09. The minimum absolute atomic E-state index is 0.565. The quantitative estimate of drug-likeness (QED) is 0.913. The first kappa shape index (κ1) is 12.1. The lowest BCUT2D eigenvalue weighted by Gasteiger charge is -2.33. The molecule has 0 spiro atoms. The number of anilines is 1. The Balaban J connectivity index is 2.16. The van der Waals surface area contributed by atoms with Gasteiger partial charge < -0.3 is 10.6 Å². The Morgan fingerprint density at radius 1 is 1.62 bits per heavy atom. The molecule has 2 heterocycles. The lowest BCUT2D eigenvalue weighted by molar-refractivity contribution is 0.422. The Kier molecular flexibility index (Phi) is 4.05. The van der Waals surface area contributed by atoms with Crippen LogP contribution in [0.1, 0.15) is 12.8 Å². The molecular weight excluding hydrogens is 289 g/mol. The molecule has 5 heteroatoms. The zero-order valence-corrected chi connectivity index (χ0v) is 11.3. The molecule has 1 fully saturated rings. The van der Waals surface area contributed by atoms with E-state index in [1.54, 1.807) is 6.20 Å². The minimum Gasteiger partial charge on any atom is -0.355 e. The second-order valence-electron chi connectivity index (χ2n) is 4.15. The van der Waals surface area contributed by atoms with Crippen molar-refractivity contribution in [3.8, 4) is 0 Å². The van der Waals surface area contributed by atoms with Gasteiger partial charge in [0.1, 0.15) is 5.82 Å². The molecule has 1 aliphatic rings. The Bertz CT molecular complexity index is 372. The highest BCUT2D eigenvalue weighted by Gasteiger charge is 2.21. The molecule has 0 aromatic carbocycles. The van der Waals surface area contributed by atoms with Gasteiger partial charge in [-0.3, -0.25) is 0 Å². The number of nitrogens with zero attached hydrogens (tertiary/aromatic N) is 2. The predicted octanol–water partition coefficient (Wildman–Crippen LogP) is 2.67. The Hall–Kier alpha value is -0.320. The largest absolute Gasteiger partial charge is 0.355 e. The molecular formula is C11H15BrClN3. The highest BCUT2D eigenvalue weighted by atomic mass is 79.9. The van der Waals surface area contributed by atoms with Crippen molar-refractivity contribution in [3.63, 3.8) is 0 Å².